The molecule has 0 unspecified atom stereocenters. The normalized spacial score (nSPS) is 9.29. The number of hydrogen-bond acceptors (Lipinski definition) is 16. The molecule has 0 aromatic heterocycles. The Kier molecular flexibility index (Phi) is 113. The number of rotatable bonds is 13. The van der Waals surface area contributed by atoms with E-state index >= 15 is 0 Å². The van der Waals surface area contributed by atoms with Crippen LogP contribution in [0.1, 0.15) is 57.4 Å². The Morgan fingerprint density at radius 3 is 0.810 bits per heavy atom. The Bertz CT molecular complexity index is 333. The lowest BCUT2D eigenvalue weighted by atomic mass is 10.9. The van der Waals surface area contributed by atoms with E-state index in [0.717, 1.165) is 7.11 Å². The molecule has 0 aliphatic rings. The second-order valence-corrected chi connectivity index (χ2v) is 13.6. The Balaban J connectivity index is -0.0000000276. The average Bonchev–Trinajstić information content (AvgIpc) is 2.82. The summed E-state index contributed by atoms with van der Waals surface area (Å²) in [6.45, 7) is 11.3. The van der Waals surface area contributed by atoms with Gasteiger partial charge in [0.05, 0.1) is 0 Å². The first-order valence-corrected chi connectivity index (χ1v) is 18.0. The van der Waals surface area contributed by atoms with E-state index in [4.69, 9.17) is 70.9 Å². The largest absolute Gasteiger partial charge is 0.679 e. The summed E-state index contributed by atoms with van der Waals surface area (Å²) in [6.07, 6.45) is 0. The van der Waals surface area contributed by atoms with Crippen LogP contribution in [0, 0.1) is 0 Å². The van der Waals surface area contributed by atoms with Gasteiger partial charge in [-0.2, -0.15) is 0 Å². The molecule has 0 aromatic rings. The molecule has 0 aromatic carbocycles. The maximum absolute atomic E-state index is 8.36. The number of aliphatic hydroxyl groups is 5. The van der Waals surface area contributed by atoms with Crippen LogP contribution in [-0.2, 0) is 35.1 Å². The average molecular weight is 713 g/mol. The maximum atomic E-state index is 8.36. The predicted molar refractivity (Wildman–Crippen MR) is 174 cm³/mol. The van der Waals surface area contributed by atoms with Gasteiger partial charge in [-0.25, -0.2) is 0 Å². The smallest absolute Gasteiger partial charge is 0.416 e. The first-order valence-electron chi connectivity index (χ1n) is 10.6. The van der Waals surface area contributed by atoms with Crippen molar-refractivity contribution in [3.05, 3.63) is 0 Å². The van der Waals surface area contributed by atoms with Crippen molar-refractivity contribution in [1.29, 1.82) is 0 Å². The van der Waals surface area contributed by atoms with Gasteiger partial charge in [-0.05, 0) is 27.7 Å². The summed E-state index contributed by atoms with van der Waals surface area (Å²) in [7, 11) is -4.19. The highest BCUT2D eigenvalue weighted by Crippen LogP contribution is 2.11. The zero-order valence-corrected chi connectivity index (χ0v) is 28.7. The fourth-order valence-electron chi connectivity index (χ4n) is 1.33. The van der Waals surface area contributed by atoms with Crippen LogP contribution >= 0.6 is 0 Å². The number of aliphatic hydroxyl groups excluding tert-OH is 3. The van der Waals surface area contributed by atoms with Crippen LogP contribution < -0.4 is 0 Å². The summed E-state index contributed by atoms with van der Waals surface area (Å²) in [5, 5.41) is 35.5. The molecule has 0 fully saturated rings. The van der Waals surface area contributed by atoms with E-state index in [1.807, 2.05) is 34.2 Å². The zero-order chi connectivity index (χ0) is 30.1. The zero-order valence-electron chi connectivity index (χ0n) is 24.3. The van der Waals surface area contributed by atoms with E-state index < -0.39 is 50.2 Å². The number of hydrogen-bond donors (Lipinski definition) is 8. The third-order valence-electron chi connectivity index (χ3n) is 2.73. The molecule has 0 amide bonds. The Hall–Kier alpha value is 0.148. The fourth-order valence-corrected chi connectivity index (χ4v) is 4.72. The Morgan fingerprint density at radius 2 is 0.762 bits per heavy atom. The van der Waals surface area contributed by atoms with Gasteiger partial charge in [0.1, 0.15) is 13.6 Å². The minimum absolute atomic E-state index is 0. The Labute approximate surface area is 261 Å². The van der Waals surface area contributed by atoms with E-state index in [9.17, 15) is 0 Å². The summed E-state index contributed by atoms with van der Waals surface area (Å²) in [6, 6.07) is 0. The lowest BCUT2D eigenvalue weighted by Gasteiger charge is -2.26. The highest BCUT2D eigenvalue weighted by Gasteiger charge is 2.44. The quantitative estimate of drug-likeness (QED) is 0.0754. The molecule has 42 heavy (non-hydrogen) atoms. The lowest BCUT2D eigenvalue weighted by molar-refractivity contribution is -0.0247. The van der Waals surface area contributed by atoms with Gasteiger partial charge in [-0.3, -0.25) is 0 Å². The van der Waals surface area contributed by atoms with Crippen LogP contribution in [0.2, 0.25) is 13.1 Å². The van der Waals surface area contributed by atoms with E-state index in [0.29, 0.717) is 26.4 Å². The molecule has 0 heterocycles. The van der Waals surface area contributed by atoms with E-state index in [-0.39, 0.29) is 40.7 Å². The molecule has 0 radical (unpaired) electrons. The van der Waals surface area contributed by atoms with Crippen molar-refractivity contribution in [3.63, 3.8) is 0 Å². The van der Waals surface area contributed by atoms with Crippen LogP contribution in [-0.4, -0.2) is 156 Å². The van der Waals surface area contributed by atoms with Gasteiger partial charge in [-0.1, -0.05) is 29.7 Å². The molecule has 12 N–H and O–H groups in total. The van der Waals surface area contributed by atoms with Gasteiger partial charge in [0.2, 0.25) is 0 Å². The van der Waals surface area contributed by atoms with Crippen molar-refractivity contribution in [2.24, 2.45) is 0 Å². The molecule has 0 aliphatic heterocycles. The van der Waals surface area contributed by atoms with Gasteiger partial charge in [-0.15, -0.1) is 0 Å². The monoisotopic (exact) mass is 712 g/mol. The predicted octanol–water partition coefficient (Wildman–Crippen LogP) is -2.03. The highest BCUT2D eigenvalue weighted by atomic mass is 28.4. The minimum Gasteiger partial charge on any atom is -0.416 e. The lowest BCUT2D eigenvalue weighted by Crippen LogP contribution is -2.49. The maximum Gasteiger partial charge on any atom is 0.679 e. The molecule has 22 heteroatoms. The molecule has 0 atom stereocenters. The van der Waals surface area contributed by atoms with Crippen molar-refractivity contribution in [2.75, 3.05) is 68.5 Å². The summed E-state index contributed by atoms with van der Waals surface area (Å²) in [5.41, 5.74) is 0. The topological polar surface area (TPSA) is 299 Å². The Morgan fingerprint density at radius 1 is 0.571 bits per heavy atom. The van der Waals surface area contributed by atoms with Gasteiger partial charge in [0.25, 0.3) is 10.0 Å². The summed E-state index contributed by atoms with van der Waals surface area (Å²) < 4.78 is 40.7. The summed E-state index contributed by atoms with van der Waals surface area (Å²) >= 11 is 0. The molecule has 18 nitrogen and oxygen atoms in total. The van der Waals surface area contributed by atoms with E-state index in [1.165, 1.54) is 6.55 Å². The van der Waals surface area contributed by atoms with Crippen LogP contribution in [0.4, 0.5) is 0 Å². The molecule has 0 saturated carbocycles. The summed E-state index contributed by atoms with van der Waals surface area (Å²) in [5.74, 6) is 0. The van der Waals surface area contributed by atoms with Crippen molar-refractivity contribution < 1.29 is 86.0 Å². The first-order chi connectivity index (χ1) is 16.8. The van der Waals surface area contributed by atoms with Crippen molar-refractivity contribution in [3.8, 4) is 0 Å². The minimum atomic E-state index is -3.35. The second kappa shape index (κ2) is 60.4. The van der Waals surface area contributed by atoms with Crippen LogP contribution in [0.15, 0.2) is 0 Å². The van der Waals surface area contributed by atoms with Gasteiger partial charge in [0, 0.05) is 68.0 Å². The van der Waals surface area contributed by atoms with Crippen molar-refractivity contribution >= 4 is 36.7 Å². The second-order valence-electron chi connectivity index (χ2n) is 5.20. The third kappa shape index (κ3) is 72.4. The standard InChI is InChI=1S/C8H20O4Si.C4H12O3Si.CH8O4Si2.2CH4O2.CH4O.4CH4.2H2O/c1-5-9-13(10-6-2,11-7-3)12-8-4;1-5-8(4,6-2)7-3;1-7(3,4)5-6-2;2*2-1-3;1-2;;;;;;/h5-8H2,1-4H3;1-4H3;2-4H,6H2,1H3;2*2-3H,1H2;2H,1H3;4*1H4;2*1H2. The van der Waals surface area contributed by atoms with E-state index in [2.05, 4.69) is 4.12 Å². The van der Waals surface area contributed by atoms with Crippen LogP contribution in [0.5, 0.6) is 0 Å². The van der Waals surface area contributed by atoms with Crippen LogP contribution in [0.25, 0.3) is 0 Å². The molecule has 0 saturated heterocycles. The van der Waals surface area contributed by atoms with Gasteiger partial charge in [0.15, 0.2) is 0 Å². The first kappa shape index (κ1) is 78.5. The fraction of sp³-hybridized carbons (Fsp3) is 1.00. The molecule has 0 bridgehead atoms. The molecular weight excluding hydrogens is 641 g/mol. The molecular formula is C20H72O18Si4. The van der Waals surface area contributed by atoms with Crippen molar-refractivity contribution in [1.82, 2.24) is 0 Å². The summed E-state index contributed by atoms with van der Waals surface area (Å²) in [4.78, 5) is 24.8. The van der Waals surface area contributed by atoms with Crippen LogP contribution in [0.3, 0.4) is 0 Å². The van der Waals surface area contributed by atoms with Gasteiger partial charge < -0.3 is 86.0 Å². The van der Waals surface area contributed by atoms with Gasteiger partial charge >= 0.3 is 26.7 Å². The third-order valence-corrected chi connectivity index (χ3v) is 10.2. The molecule has 0 spiro atoms. The SMILES string of the molecule is C.C.C.C.CCO[Si](OCC)(OCC)OCC.CO.CO[Si](C)(OC)OC.C[Si](O)(O)O[SiH2]O.O.O.OCO.OCO. The van der Waals surface area contributed by atoms with Crippen molar-refractivity contribution in [2.45, 2.75) is 70.5 Å². The molecule has 0 rings (SSSR count). The molecule has 0 aliphatic carbocycles. The molecule has 276 valence electrons. The highest BCUT2D eigenvalue weighted by molar-refractivity contribution is 6.61. The van der Waals surface area contributed by atoms with E-state index in [1.54, 1.807) is 21.3 Å².